The van der Waals surface area contributed by atoms with Gasteiger partial charge in [0.15, 0.2) is 0 Å². The van der Waals surface area contributed by atoms with Gasteiger partial charge in [0.25, 0.3) is 0 Å². The molecule has 104 valence electrons. The second kappa shape index (κ2) is 5.82. The molecule has 1 aromatic carbocycles. The molecule has 5 heteroatoms. The third-order valence-electron chi connectivity index (χ3n) is 3.19. The molecule has 0 saturated heterocycles. The predicted molar refractivity (Wildman–Crippen MR) is 74.4 cm³/mol. The van der Waals surface area contributed by atoms with Crippen molar-refractivity contribution in [3.63, 3.8) is 0 Å². The molecule has 0 amide bonds. The van der Waals surface area contributed by atoms with E-state index in [1.54, 1.807) is 0 Å². The van der Waals surface area contributed by atoms with Crippen LogP contribution < -0.4 is 15.4 Å². The van der Waals surface area contributed by atoms with E-state index in [1.165, 1.54) is 7.11 Å². The molecule has 1 unspecified atom stereocenters. The van der Waals surface area contributed by atoms with Crippen molar-refractivity contribution in [1.82, 2.24) is 0 Å². The number of rotatable bonds is 4. The van der Waals surface area contributed by atoms with Gasteiger partial charge in [-0.25, -0.2) is 0 Å². The maximum atomic E-state index is 11.1. The predicted octanol–water partition coefficient (Wildman–Crippen LogP) is 1.81. The number of methoxy groups -OCH3 is 1. The van der Waals surface area contributed by atoms with Gasteiger partial charge in [-0.1, -0.05) is 6.07 Å². The van der Waals surface area contributed by atoms with E-state index in [-0.39, 0.29) is 12.1 Å². The van der Waals surface area contributed by atoms with Crippen molar-refractivity contribution in [2.45, 2.75) is 25.9 Å². The smallest absolute Gasteiger partial charge is 0.305 e. The Kier molecular flexibility index (Phi) is 4.14. The number of nitrogens with zero attached hydrogens (tertiary/aromatic N) is 1. The molecule has 1 aromatic rings. The van der Waals surface area contributed by atoms with Gasteiger partial charge in [0.1, 0.15) is 17.5 Å². The van der Waals surface area contributed by atoms with Crippen LogP contribution in [-0.4, -0.2) is 32.3 Å². The second-order valence-electron chi connectivity index (χ2n) is 4.75. The van der Waals surface area contributed by atoms with E-state index in [2.05, 4.69) is 9.64 Å². The van der Waals surface area contributed by atoms with Crippen LogP contribution in [0.2, 0.25) is 0 Å². The molecule has 5 nitrogen and oxygen atoms in total. The van der Waals surface area contributed by atoms with Gasteiger partial charge in [0.2, 0.25) is 0 Å². The molecule has 0 fully saturated rings. The molecular weight excluding hydrogens is 244 g/mol. The number of hydrogen-bond acceptors (Lipinski definition) is 5. The lowest BCUT2D eigenvalue weighted by molar-refractivity contribution is -0.140. The number of esters is 1. The lowest BCUT2D eigenvalue weighted by Crippen LogP contribution is -2.39. The zero-order valence-electron chi connectivity index (χ0n) is 11.4. The Balaban J connectivity index is 2.07. The molecule has 0 radical (unpaired) electrons. The van der Waals surface area contributed by atoms with Crippen LogP contribution in [-0.2, 0) is 9.53 Å². The van der Waals surface area contributed by atoms with Crippen molar-refractivity contribution in [3.05, 3.63) is 18.2 Å². The number of nitrogen functional groups attached to an aromatic ring is 1. The summed E-state index contributed by atoms with van der Waals surface area (Å²) in [5.41, 5.74) is 7.67. The lowest BCUT2D eigenvalue weighted by atomic mass is 10.1. The fourth-order valence-corrected chi connectivity index (χ4v) is 2.35. The number of fused-ring (bicyclic) bond motifs is 1. The van der Waals surface area contributed by atoms with E-state index in [9.17, 15) is 4.79 Å². The SMILES string of the molecule is COC(=O)CCCN1CC(C)Oc2cccc(N)c21. The summed E-state index contributed by atoms with van der Waals surface area (Å²) in [6.07, 6.45) is 1.28. The summed E-state index contributed by atoms with van der Waals surface area (Å²) in [5, 5.41) is 0. The number of ether oxygens (including phenoxy) is 2. The molecule has 0 spiro atoms. The summed E-state index contributed by atoms with van der Waals surface area (Å²) in [6, 6.07) is 5.68. The molecule has 19 heavy (non-hydrogen) atoms. The Morgan fingerprint density at radius 2 is 2.37 bits per heavy atom. The normalized spacial score (nSPS) is 17.6. The first-order valence-electron chi connectivity index (χ1n) is 6.48. The van der Waals surface area contributed by atoms with Crippen LogP contribution in [0.4, 0.5) is 11.4 Å². The minimum absolute atomic E-state index is 0.118. The van der Waals surface area contributed by atoms with Crippen molar-refractivity contribution in [2.75, 3.05) is 30.8 Å². The Labute approximate surface area is 113 Å². The number of carbonyl (C=O) groups excluding carboxylic acids is 1. The van der Waals surface area contributed by atoms with E-state index >= 15 is 0 Å². The lowest BCUT2D eigenvalue weighted by Gasteiger charge is -2.35. The molecular formula is C14H20N2O3. The summed E-state index contributed by atoms with van der Waals surface area (Å²) in [6.45, 7) is 3.58. The standard InChI is InChI=1S/C14H20N2O3/c1-10-9-16(8-4-7-13(17)18-2)14-11(15)5-3-6-12(14)19-10/h3,5-6,10H,4,7-9,15H2,1-2H3. The monoisotopic (exact) mass is 264 g/mol. The first-order valence-corrected chi connectivity index (χ1v) is 6.48. The first kappa shape index (κ1) is 13.5. The van der Waals surface area contributed by atoms with Gasteiger partial charge in [0, 0.05) is 13.0 Å². The average Bonchev–Trinajstić information content (AvgIpc) is 2.38. The van der Waals surface area contributed by atoms with Crippen LogP contribution in [0.5, 0.6) is 5.75 Å². The number of para-hydroxylation sites is 1. The summed E-state index contributed by atoms with van der Waals surface area (Å²) in [4.78, 5) is 13.3. The molecule has 2 N–H and O–H groups in total. The third kappa shape index (κ3) is 3.10. The van der Waals surface area contributed by atoms with E-state index < -0.39 is 0 Å². The van der Waals surface area contributed by atoms with Crippen molar-refractivity contribution in [2.24, 2.45) is 0 Å². The molecule has 0 bridgehead atoms. The Morgan fingerprint density at radius 1 is 1.58 bits per heavy atom. The molecule has 0 saturated carbocycles. The third-order valence-corrected chi connectivity index (χ3v) is 3.19. The van der Waals surface area contributed by atoms with Gasteiger partial charge in [-0.2, -0.15) is 0 Å². The zero-order chi connectivity index (χ0) is 13.8. The topological polar surface area (TPSA) is 64.8 Å². The van der Waals surface area contributed by atoms with E-state index in [1.807, 2.05) is 25.1 Å². The number of benzene rings is 1. The number of anilines is 2. The highest BCUT2D eigenvalue weighted by atomic mass is 16.5. The van der Waals surface area contributed by atoms with Crippen molar-refractivity contribution in [1.29, 1.82) is 0 Å². The van der Waals surface area contributed by atoms with Gasteiger partial charge < -0.3 is 20.1 Å². The number of carbonyl (C=O) groups is 1. The summed E-state index contributed by atoms with van der Waals surface area (Å²) >= 11 is 0. The van der Waals surface area contributed by atoms with Crippen molar-refractivity contribution < 1.29 is 14.3 Å². The molecule has 1 aliphatic rings. The number of nitrogens with two attached hydrogens (primary N) is 1. The molecule has 2 rings (SSSR count). The Morgan fingerprint density at radius 3 is 3.11 bits per heavy atom. The highest BCUT2D eigenvalue weighted by Crippen LogP contribution is 2.38. The van der Waals surface area contributed by atoms with Crippen LogP contribution >= 0.6 is 0 Å². The van der Waals surface area contributed by atoms with Crippen LogP contribution in [0.25, 0.3) is 0 Å². The van der Waals surface area contributed by atoms with Crippen molar-refractivity contribution in [3.8, 4) is 5.75 Å². The minimum Gasteiger partial charge on any atom is -0.487 e. The highest BCUT2D eigenvalue weighted by molar-refractivity contribution is 5.76. The quantitative estimate of drug-likeness (QED) is 0.663. The van der Waals surface area contributed by atoms with Crippen LogP contribution in [0.15, 0.2) is 18.2 Å². The van der Waals surface area contributed by atoms with E-state index in [0.717, 1.165) is 30.9 Å². The Hall–Kier alpha value is -1.91. The maximum absolute atomic E-state index is 11.1. The van der Waals surface area contributed by atoms with Gasteiger partial charge >= 0.3 is 5.97 Å². The number of hydrogen-bond donors (Lipinski definition) is 1. The zero-order valence-corrected chi connectivity index (χ0v) is 11.4. The van der Waals surface area contributed by atoms with Gasteiger partial charge in [0.05, 0.1) is 19.3 Å². The van der Waals surface area contributed by atoms with Crippen LogP contribution in [0.1, 0.15) is 19.8 Å². The molecule has 0 aliphatic carbocycles. The molecule has 1 aliphatic heterocycles. The summed E-state index contributed by atoms with van der Waals surface area (Å²) < 4.78 is 10.4. The van der Waals surface area contributed by atoms with Crippen molar-refractivity contribution >= 4 is 17.3 Å². The highest BCUT2D eigenvalue weighted by Gasteiger charge is 2.24. The molecule has 1 heterocycles. The van der Waals surface area contributed by atoms with E-state index in [0.29, 0.717) is 12.1 Å². The summed E-state index contributed by atoms with van der Waals surface area (Å²) in [5.74, 6) is 0.638. The van der Waals surface area contributed by atoms with Gasteiger partial charge in [-0.3, -0.25) is 4.79 Å². The second-order valence-corrected chi connectivity index (χ2v) is 4.75. The minimum atomic E-state index is -0.178. The average molecular weight is 264 g/mol. The fraction of sp³-hybridized carbons (Fsp3) is 0.500. The van der Waals surface area contributed by atoms with Crippen LogP contribution in [0, 0.1) is 0 Å². The van der Waals surface area contributed by atoms with Gasteiger partial charge in [-0.05, 0) is 25.5 Å². The first-order chi connectivity index (χ1) is 9.11. The van der Waals surface area contributed by atoms with Crippen LogP contribution in [0.3, 0.4) is 0 Å². The largest absolute Gasteiger partial charge is 0.487 e. The Bertz CT molecular complexity index is 462. The van der Waals surface area contributed by atoms with E-state index in [4.69, 9.17) is 10.5 Å². The molecule has 0 aromatic heterocycles. The summed E-state index contributed by atoms with van der Waals surface area (Å²) in [7, 11) is 1.41. The fourth-order valence-electron chi connectivity index (χ4n) is 2.35. The maximum Gasteiger partial charge on any atom is 0.305 e. The molecule has 1 atom stereocenters. The van der Waals surface area contributed by atoms with Gasteiger partial charge in [-0.15, -0.1) is 0 Å².